The minimum atomic E-state index is 0.674. The van der Waals surface area contributed by atoms with Crippen molar-refractivity contribution in [2.75, 3.05) is 13.7 Å². The van der Waals surface area contributed by atoms with E-state index in [0.29, 0.717) is 12.3 Å². The lowest BCUT2D eigenvalue weighted by atomic mass is 10.2. The summed E-state index contributed by atoms with van der Waals surface area (Å²) in [4.78, 5) is 4.01. The zero-order valence-electron chi connectivity index (χ0n) is 9.59. The molecule has 0 radical (unpaired) electrons. The predicted octanol–water partition coefficient (Wildman–Crippen LogP) is 1.50. The van der Waals surface area contributed by atoms with Crippen LogP contribution in [0.15, 0.2) is 18.5 Å². The van der Waals surface area contributed by atoms with Gasteiger partial charge in [0.05, 0.1) is 18.9 Å². The zero-order valence-corrected chi connectivity index (χ0v) is 10.4. The summed E-state index contributed by atoms with van der Waals surface area (Å²) in [6, 6.07) is 1.88. The van der Waals surface area contributed by atoms with Gasteiger partial charge in [0.2, 0.25) is 0 Å². The van der Waals surface area contributed by atoms with Gasteiger partial charge in [0.25, 0.3) is 0 Å². The van der Waals surface area contributed by atoms with Gasteiger partial charge in [-0.25, -0.2) is 0 Å². The number of nitrogens with two attached hydrogens (primary N) is 1. The third kappa shape index (κ3) is 2.78. The van der Waals surface area contributed by atoms with E-state index in [1.54, 1.807) is 30.8 Å². The van der Waals surface area contributed by atoms with Crippen LogP contribution >= 0.6 is 11.3 Å². The summed E-state index contributed by atoms with van der Waals surface area (Å²) in [6.45, 7) is 0.674. The topological polar surface area (TPSA) is 73.9 Å². The van der Waals surface area contributed by atoms with Crippen LogP contribution in [0.3, 0.4) is 0 Å². The van der Waals surface area contributed by atoms with E-state index in [-0.39, 0.29) is 0 Å². The maximum absolute atomic E-state index is 5.47. The Morgan fingerprint density at radius 2 is 2.29 bits per heavy atom. The van der Waals surface area contributed by atoms with Gasteiger partial charge in [0.15, 0.2) is 5.01 Å². The van der Waals surface area contributed by atoms with Gasteiger partial charge >= 0.3 is 0 Å². The number of nitrogens with zero attached hydrogens (tertiary/aromatic N) is 3. The van der Waals surface area contributed by atoms with Gasteiger partial charge < -0.3 is 10.5 Å². The summed E-state index contributed by atoms with van der Waals surface area (Å²) in [5.41, 5.74) is 6.40. The van der Waals surface area contributed by atoms with Crippen molar-refractivity contribution in [3.63, 3.8) is 0 Å². The molecule has 0 aromatic carbocycles. The Morgan fingerprint density at radius 3 is 3.06 bits per heavy atom. The highest BCUT2D eigenvalue weighted by molar-refractivity contribution is 7.14. The van der Waals surface area contributed by atoms with Crippen LogP contribution in [0.2, 0.25) is 0 Å². The number of pyridine rings is 1. The van der Waals surface area contributed by atoms with Crippen molar-refractivity contribution in [1.82, 2.24) is 15.2 Å². The van der Waals surface area contributed by atoms with E-state index >= 15 is 0 Å². The van der Waals surface area contributed by atoms with E-state index in [9.17, 15) is 0 Å². The molecule has 0 aliphatic carbocycles. The second-order valence-corrected chi connectivity index (χ2v) is 4.53. The van der Waals surface area contributed by atoms with Crippen LogP contribution in [0.4, 0.5) is 0 Å². The third-order valence-electron chi connectivity index (χ3n) is 2.30. The maximum Gasteiger partial charge on any atom is 0.151 e. The van der Waals surface area contributed by atoms with Crippen LogP contribution in [0.1, 0.15) is 11.4 Å². The smallest absolute Gasteiger partial charge is 0.151 e. The van der Waals surface area contributed by atoms with Crippen molar-refractivity contribution in [2.45, 2.75) is 12.8 Å². The van der Waals surface area contributed by atoms with Gasteiger partial charge in [-0.05, 0) is 19.0 Å². The third-order valence-corrected chi connectivity index (χ3v) is 3.31. The van der Waals surface area contributed by atoms with E-state index < -0.39 is 0 Å². The molecule has 0 saturated carbocycles. The highest BCUT2D eigenvalue weighted by Crippen LogP contribution is 2.31. The van der Waals surface area contributed by atoms with Crippen LogP contribution < -0.4 is 10.5 Å². The van der Waals surface area contributed by atoms with Gasteiger partial charge in [0.1, 0.15) is 10.8 Å². The fourth-order valence-corrected chi connectivity index (χ4v) is 2.35. The largest absolute Gasteiger partial charge is 0.494 e. The molecule has 0 unspecified atom stereocenters. The average Bonchev–Trinajstić information content (AvgIpc) is 2.85. The molecule has 17 heavy (non-hydrogen) atoms. The molecule has 2 rings (SSSR count). The quantitative estimate of drug-likeness (QED) is 0.870. The lowest BCUT2D eigenvalue weighted by Crippen LogP contribution is -1.99. The normalized spacial score (nSPS) is 10.5. The first-order valence-electron chi connectivity index (χ1n) is 5.36. The van der Waals surface area contributed by atoms with Crippen molar-refractivity contribution in [3.8, 4) is 16.3 Å². The van der Waals surface area contributed by atoms with Crippen molar-refractivity contribution >= 4 is 11.3 Å². The van der Waals surface area contributed by atoms with E-state index in [0.717, 1.165) is 28.4 Å². The molecule has 0 spiro atoms. The highest BCUT2D eigenvalue weighted by atomic mass is 32.1. The Morgan fingerprint density at radius 1 is 1.41 bits per heavy atom. The standard InChI is InChI=1S/C11H14N4OS/c1-16-9-7-13-6-4-8(9)11-15-14-10(17-11)3-2-5-12/h4,6-7H,2-3,5,12H2,1H3. The fourth-order valence-electron chi connectivity index (χ4n) is 1.44. The molecule has 0 fully saturated rings. The summed E-state index contributed by atoms with van der Waals surface area (Å²) in [7, 11) is 1.62. The van der Waals surface area contributed by atoms with Crippen molar-refractivity contribution < 1.29 is 4.74 Å². The highest BCUT2D eigenvalue weighted by Gasteiger charge is 2.11. The second-order valence-electron chi connectivity index (χ2n) is 3.47. The van der Waals surface area contributed by atoms with E-state index in [1.807, 2.05) is 6.07 Å². The van der Waals surface area contributed by atoms with Crippen molar-refractivity contribution in [2.24, 2.45) is 5.73 Å². The zero-order chi connectivity index (χ0) is 12.1. The van der Waals surface area contributed by atoms with Gasteiger partial charge in [0, 0.05) is 12.6 Å². The maximum atomic E-state index is 5.47. The Bertz CT molecular complexity index is 486. The monoisotopic (exact) mass is 250 g/mol. The molecule has 0 atom stereocenters. The molecule has 90 valence electrons. The van der Waals surface area contributed by atoms with Gasteiger partial charge in [-0.3, -0.25) is 4.98 Å². The summed E-state index contributed by atoms with van der Waals surface area (Å²) < 4.78 is 5.25. The number of aryl methyl sites for hydroxylation is 1. The molecule has 5 nitrogen and oxygen atoms in total. The molecule has 2 heterocycles. The number of hydrogen-bond acceptors (Lipinski definition) is 6. The van der Waals surface area contributed by atoms with E-state index in [4.69, 9.17) is 10.5 Å². The number of aromatic nitrogens is 3. The Balaban J connectivity index is 2.24. The summed E-state index contributed by atoms with van der Waals surface area (Å²) in [5.74, 6) is 0.717. The Hall–Kier alpha value is -1.53. The van der Waals surface area contributed by atoms with Crippen molar-refractivity contribution in [3.05, 3.63) is 23.5 Å². The van der Waals surface area contributed by atoms with E-state index in [2.05, 4.69) is 15.2 Å². The first-order valence-corrected chi connectivity index (χ1v) is 6.17. The SMILES string of the molecule is COc1cnccc1-c1nnc(CCCN)s1. The molecule has 0 aliphatic rings. The molecule has 0 aliphatic heterocycles. The number of hydrogen-bond donors (Lipinski definition) is 1. The molecule has 2 N–H and O–H groups in total. The first-order chi connectivity index (χ1) is 8.35. The lowest BCUT2D eigenvalue weighted by molar-refractivity contribution is 0.414. The molecule has 2 aromatic rings. The van der Waals surface area contributed by atoms with Gasteiger partial charge in [-0.1, -0.05) is 11.3 Å². The molecule has 0 amide bonds. The van der Waals surface area contributed by atoms with Crippen molar-refractivity contribution in [1.29, 1.82) is 0 Å². The summed E-state index contributed by atoms with van der Waals surface area (Å²) >= 11 is 1.57. The first kappa shape index (κ1) is 11.9. The van der Waals surface area contributed by atoms with Crippen LogP contribution in [0.25, 0.3) is 10.6 Å². The van der Waals surface area contributed by atoms with Crippen LogP contribution in [-0.4, -0.2) is 28.8 Å². The number of rotatable bonds is 5. The lowest BCUT2D eigenvalue weighted by Gasteiger charge is -2.02. The van der Waals surface area contributed by atoms with E-state index in [1.165, 1.54) is 0 Å². The number of methoxy groups -OCH3 is 1. The minimum absolute atomic E-state index is 0.674. The van der Waals surface area contributed by atoms with Crippen LogP contribution in [-0.2, 0) is 6.42 Å². The average molecular weight is 250 g/mol. The molecular weight excluding hydrogens is 236 g/mol. The second kappa shape index (κ2) is 5.70. The van der Waals surface area contributed by atoms with Gasteiger partial charge in [-0.15, -0.1) is 10.2 Å². The van der Waals surface area contributed by atoms with Gasteiger partial charge in [-0.2, -0.15) is 0 Å². The molecule has 6 heteroatoms. The molecule has 0 saturated heterocycles. The molecule has 0 bridgehead atoms. The minimum Gasteiger partial charge on any atom is -0.494 e. The van der Waals surface area contributed by atoms with Crippen LogP contribution in [0.5, 0.6) is 5.75 Å². The fraction of sp³-hybridized carbons (Fsp3) is 0.364. The molecule has 2 aromatic heterocycles. The van der Waals surface area contributed by atoms with Crippen LogP contribution in [0, 0.1) is 0 Å². The number of ether oxygens (including phenoxy) is 1. The summed E-state index contributed by atoms with van der Waals surface area (Å²) in [6.07, 6.45) is 5.21. The Labute approximate surface area is 104 Å². The summed E-state index contributed by atoms with van der Waals surface area (Å²) in [5, 5.41) is 10.2. The Kier molecular flexibility index (Phi) is 4.00. The molecular formula is C11H14N4OS. The predicted molar refractivity (Wildman–Crippen MR) is 67.1 cm³/mol.